The van der Waals surface area contributed by atoms with Crippen molar-refractivity contribution >= 4 is 5.97 Å². The first-order chi connectivity index (χ1) is 15.4. The van der Waals surface area contributed by atoms with Gasteiger partial charge in [0, 0.05) is 19.3 Å². The second-order valence-electron chi connectivity index (χ2n) is 7.49. The number of carboxylic acid groups (broad SMARTS) is 1. The van der Waals surface area contributed by atoms with Gasteiger partial charge >= 0.3 is 5.97 Å². The summed E-state index contributed by atoms with van der Waals surface area (Å²) in [6, 6.07) is 16.8. The molecule has 2 heterocycles. The molecule has 0 bridgehead atoms. The van der Waals surface area contributed by atoms with E-state index in [1.165, 1.54) is 4.80 Å². The standard InChI is InChI=1S/C24H24N4O4/c1-15(22-23(24(29)30)27-28(26-22)19-7-5-4-6-8-19)18-9-11-20(12-10-18)31-14-13-21-16(2)32-17(3)25-21/h4-12,15H,13-14H2,1-3H3,(H,29,30). The van der Waals surface area contributed by atoms with Crippen LogP contribution >= 0.6 is 0 Å². The number of aryl methyl sites for hydroxylation is 2. The fourth-order valence-electron chi connectivity index (χ4n) is 3.52. The van der Waals surface area contributed by atoms with E-state index in [0.29, 0.717) is 30.3 Å². The Morgan fingerprint density at radius 2 is 1.81 bits per heavy atom. The van der Waals surface area contributed by atoms with Crippen molar-refractivity contribution in [3.05, 3.63) is 88.9 Å². The minimum absolute atomic E-state index is 0.0556. The van der Waals surface area contributed by atoms with Crippen molar-refractivity contribution in [1.29, 1.82) is 0 Å². The number of hydrogen-bond donors (Lipinski definition) is 1. The number of carboxylic acids is 1. The Balaban J connectivity index is 1.47. The first kappa shape index (κ1) is 21.3. The number of oxazole rings is 1. The van der Waals surface area contributed by atoms with Crippen molar-refractivity contribution in [1.82, 2.24) is 20.0 Å². The Morgan fingerprint density at radius 1 is 1.09 bits per heavy atom. The maximum absolute atomic E-state index is 11.8. The summed E-state index contributed by atoms with van der Waals surface area (Å²) < 4.78 is 11.3. The molecule has 2 aromatic heterocycles. The molecule has 32 heavy (non-hydrogen) atoms. The maximum Gasteiger partial charge on any atom is 0.358 e. The molecule has 4 rings (SSSR count). The SMILES string of the molecule is Cc1nc(CCOc2ccc(C(C)c3nn(-c4ccccc4)nc3C(=O)O)cc2)c(C)o1. The van der Waals surface area contributed by atoms with Gasteiger partial charge in [-0.15, -0.1) is 5.10 Å². The molecule has 8 nitrogen and oxygen atoms in total. The smallest absolute Gasteiger partial charge is 0.358 e. The third-order valence-electron chi connectivity index (χ3n) is 5.23. The zero-order valence-corrected chi connectivity index (χ0v) is 18.1. The van der Waals surface area contributed by atoms with Crippen molar-refractivity contribution in [3.63, 3.8) is 0 Å². The number of ether oxygens (including phenoxy) is 1. The zero-order valence-electron chi connectivity index (χ0n) is 18.1. The number of aromatic nitrogens is 4. The molecule has 0 amide bonds. The molecule has 0 aliphatic heterocycles. The van der Waals surface area contributed by atoms with Gasteiger partial charge in [0.05, 0.1) is 18.0 Å². The van der Waals surface area contributed by atoms with Gasteiger partial charge in [0.1, 0.15) is 17.2 Å². The Bertz CT molecular complexity index is 1210. The molecule has 0 saturated heterocycles. The molecule has 0 spiro atoms. The Labute approximate surface area is 185 Å². The van der Waals surface area contributed by atoms with E-state index in [1.54, 1.807) is 0 Å². The maximum atomic E-state index is 11.8. The molecule has 8 heteroatoms. The molecule has 1 N–H and O–H groups in total. The summed E-state index contributed by atoms with van der Waals surface area (Å²) in [7, 11) is 0. The van der Waals surface area contributed by atoms with Crippen LogP contribution in [0.15, 0.2) is 59.0 Å². The predicted molar refractivity (Wildman–Crippen MR) is 117 cm³/mol. The van der Waals surface area contributed by atoms with Gasteiger partial charge < -0.3 is 14.3 Å². The van der Waals surface area contributed by atoms with E-state index in [4.69, 9.17) is 9.15 Å². The minimum atomic E-state index is -1.10. The number of nitrogens with zero attached hydrogens (tertiary/aromatic N) is 4. The lowest BCUT2D eigenvalue weighted by atomic mass is 9.96. The molecule has 0 aliphatic carbocycles. The van der Waals surface area contributed by atoms with Crippen molar-refractivity contribution < 1.29 is 19.1 Å². The number of rotatable bonds is 8. The van der Waals surface area contributed by atoms with E-state index in [-0.39, 0.29) is 11.6 Å². The van der Waals surface area contributed by atoms with E-state index in [2.05, 4.69) is 15.2 Å². The third-order valence-corrected chi connectivity index (χ3v) is 5.23. The summed E-state index contributed by atoms with van der Waals surface area (Å²) in [5.41, 5.74) is 2.87. The van der Waals surface area contributed by atoms with E-state index >= 15 is 0 Å². The van der Waals surface area contributed by atoms with Crippen molar-refractivity contribution in [2.45, 2.75) is 33.1 Å². The van der Waals surface area contributed by atoms with Gasteiger partial charge in [-0.2, -0.15) is 9.90 Å². The first-order valence-electron chi connectivity index (χ1n) is 10.3. The molecule has 0 fully saturated rings. The van der Waals surface area contributed by atoms with E-state index in [1.807, 2.05) is 75.4 Å². The number of hydrogen-bond acceptors (Lipinski definition) is 6. The fraction of sp³-hybridized carbons (Fsp3) is 0.250. The van der Waals surface area contributed by atoms with Crippen LogP contribution in [0.5, 0.6) is 5.75 Å². The van der Waals surface area contributed by atoms with Crippen molar-refractivity contribution in [2.75, 3.05) is 6.61 Å². The number of para-hydroxylation sites is 1. The quantitative estimate of drug-likeness (QED) is 0.442. The largest absolute Gasteiger partial charge is 0.493 e. The van der Waals surface area contributed by atoms with Crippen molar-refractivity contribution in [2.24, 2.45) is 0 Å². The van der Waals surface area contributed by atoms with Gasteiger partial charge in [0.2, 0.25) is 0 Å². The van der Waals surface area contributed by atoms with Crippen LogP contribution < -0.4 is 4.74 Å². The molecular weight excluding hydrogens is 408 g/mol. The summed E-state index contributed by atoms with van der Waals surface area (Å²) in [5, 5.41) is 18.3. The normalized spacial score (nSPS) is 12.0. The lowest BCUT2D eigenvalue weighted by molar-refractivity contribution is 0.0688. The molecule has 0 aliphatic rings. The monoisotopic (exact) mass is 432 g/mol. The highest BCUT2D eigenvalue weighted by Crippen LogP contribution is 2.27. The van der Waals surface area contributed by atoms with Gasteiger partial charge in [0.25, 0.3) is 0 Å². The molecule has 164 valence electrons. The summed E-state index contributed by atoms with van der Waals surface area (Å²) in [4.78, 5) is 17.5. The molecule has 1 unspecified atom stereocenters. The van der Waals surface area contributed by atoms with Crippen LogP contribution in [0.1, 0.15) is 51.9 Å². The third kappa shape index (κ3) is 4.54. The molecule has 1 atom stereocenters. The van der Waals surface area contributed by atoms with E-state index in [0.717, 1.165) is 22.8 Å². The second-order valence-corrected chi connectivity index (χ2v) is 7.49. The molecule has 2 aromatic carbocycles. The summed E-state index contributed by atoms with van der Waals surface area (Å²) >= 11 is 0. The topological polar surface area (TPSA) is 103 Å². The zero-order chi connectivity index (χ0) is 22.7. The number of carbonyl (C=O) groups is 1. The lowest BCUT2D eigenvalue weighted by Crippen LogP contribution is -2.06. The Hall–Kier alpha value is -3.94. The van der Waals surface area contributed by atoms with Crippen LogP contribution in [0, 0.1) is 13.8 Å². The van der Waals surface area contributed by atoms with Gasteiger partial charge in [0.15, 0.2) is 11.6 Å². The number of aromatic carboxylic acids is 1. The van der Waals surface area contributed by atoms with Gasteiger partial charge in [-0.05, 0) is 36.8 Å². The molecule has 0 saturated carbocycles. The number of benzene rings is 2. The van der Waals surface area contributed by atoms with Crippen LogP contribution in [0.4, 0.5) is 0 Å². The van der Waals surface area contributed by atoms with Gasteiger partial charge in [-0.25, -0.2) is 9.78 Å². The van der Waals surface area contributed by atoms with Gasteiger partial charge in [-0.1, -0.05) is 37.3 Å². The highest BCUT2D eigenvalue weighted by atomic mass is 16.5. The average Bonchev–Trinajstić information content (AvgIpc) is 3.38. The van der Waals surface area contributed by atoms with E-state index in [9.17, 15) is 9.90 Å². The van der Waals surface area contributed by atoms with Crippen LogP contribution in [0.3, 0.4) is 0 Å². The van der Waals surface area contributed by atoms with Crippen LogP contribution in [-0.2, 0) is 6.42 Å². The van der Waals surface area contributed by atoms with Crippen molar-refractivity contribution in [3.8, 4) is 11.4 Å². The van der Waals surface area contributed by atoms with Gasteiger partial charge in [-0.3, -0.25) is 0 Å². The Kier molecular flexibility index (Phi) is 6.02. The first-order valence-corrected chi connectivity index (χ1v) is 10.3. The summed E-state index contributed by atoms with van der Waals surface area (Å²) in [6.45, 7) is 6.12. The lowest BCUT2D eigenvalue weighted by Gasteiger charge is -2.11. The molecule has 0 radical (unpaired) electrons. The average molecular weight is 432 g/mol. The minimum Gasteiger partial charge on any atom is -0.493 e. The van der Waals surface area contributed by atoms with Crippen LogP contribution in [0.25, 0.3) is 5.69 Å². The molecular formula is C24H24N4O4. The highest BCUT2D eigenvalue weighted by molar-refractivity contribution is 5.86. The second kappa shape index (κ2) is 9.05. The van der Waals surface area contributed by atoms with Crippen LogP contribution in [-0.4, -0.2) is 37.7 Å². The molecule has 4 aromatic rings. The van der Waals surface area contributed by atoms with E-state index < -0.39 is 5.97 Å². The van der Waals surface area contributed by atoms with Crippen LogP contribution in [0.2, 0.25) is 0 Å². The Morgan fingerprint density at radius 3 is 2.44 bits per heavy atom. The predicted octanol–water partition coefficient (Wildman–Crippen LogP) is 4.34. The summed E-state index contributed by atoms with van der Waals surface area (Å²) in [6.07, 6.45) is 0.659. The highest BCUT2D eigenvalue weighted by Gasteiger charge is 2.24. The fourth-order valence-corrected chi connectivity index (χ4v) is 3.52. The summed E-state index contributed by atoms with van der Waals surface area (Å²) in [5.74, 6) is 0.833.